The minimum atomic E-state index is -4.78. The van der Waals surface area contributed by atoms with Gasteiger partial charge in [-0.2, -0.15) is 0 Å². The molecule has 1 amide bonds. The molecule has 1 aromatic heterocycles. The van der Waals surface area contributed by atoms with Crippen molar-refractivity contribution in [2.24, 2.45) is 0 Å². The first kappa shape index (κ1) is 21.2. The summed E-state index contributed by atoms with van der Waals surface area (Å²) in [6, 6.07) is 7.90. The summed E-state index contributed by atoms with van der Waals surface area (Å²) in [4.78, 5) is 11.9. The summed E-state index contributed by atoms with van der Waals surface area (Å²) >= 11 is 1.11. The smallest absolute Gasteiger partial charge is 0.406 e. The summed E-state index contributed by atoms with van der Waals surface area (Å²) in [6.45, 7) is 0.159. The number of thiophene rings is 1. The molecule has 6 nitrogen and oxygen atoms in total. The number of amides is 1. The standard InChI is InChI=1S/C16H17F3N2O4S2/c1-21(27(23,24)15-5-3-11-26-15)10-2-4-14(22)20-12-6-8-13(9-7-12)25-16(17,18)19/h3,5-9,11H,2,4,10H2,1H3,(H,20,22). The van der Waals surface area contributed by atoms with E-state index in [2.05, 4.69) is 10.1 Å². The zero-order chi connectivity index (χ0) is 20.1. The van der Waals surface area contributed by atoms with Crippen molar-refractivity contribution in [2.45, 2.75) is 23.4 Å². The molecule has 11 heteroatoms. The third-order valence-electron chi connectivity index (χ3n) is 3.41. The van der Waals surface area contributed by atoms with E-state index in [4.69, 9.17) is 0 Å². The SMILES string of the molecule is CN(CCCC(=O)Nc1ccc(OC(F)(F)F)cc1)S(=O)(=O)c1cccs1. The molecule has 0 unspecified atom stereocenters. The first-order valence-corrected chi connectivity index (χ1v) is 10.1. The van der Waals surface area contributed by atoms with Gasteiger partial charge in [-0.25, -0.2) is 12.7 Å². The van der Waals surface area contributed by atoms with Gasteiger partial charge in [0.05, 0.1) is 0 Å². The lowest BCUT2D eigenvalue weighted by Crippen LogP contribution is -2.28. The molecule has 0 aliphatic carbocycles. The second-order valence-corrected chi connectivity index (χ2v) is 8.70. The first-order valence-electron chi connectivity index (χ1n) is 7.73. The number of rotatable bonds is 8. The highest BCUT2D eigenvalue weighted by Gasteiger charge is 2.31. The Balaban J connectivity index is 1.79. The average molecular weight is 422 g/mol. The quantitative estimate of drug-likeness (QED) is 0.704. The Hall–Kier alpha value is -2.11. The number of benzene rings is 1. The van der Waals surface area contributed by atoms with Gasteiger partial charge in [-0.3, -0.25) is 4.79 Å². The summed E-state index contributed by atoms with van der Waals surface area (Å²) in [6.07, 6.45) is -4.42. The number of carbonyl (C=O) groups excluding carboxylic acids is 1. The van der Waals surface area contributed by atoms with Gasteiger partial charge in [-0.1, -0.05) is 6.07 Å². The number of alkyl halides is 3. The number of nitrogens with one attached hydrogen (secondary N) is 1. The van der Waals surface area contributed by atoms with Gasteiger partial charge >= 0.3 is 6.36 Å². The number of hydrogen-bond donors (Lipinski definition) is 1. The molecule has 2 rings (SSSR count). The van der Waals surface area contributed by atoms with Crippen molar-refractivity contribution in [3.63, 3.8) is 0 Å². The molecular formula is C16H17F3N2O4S2. The largest absolute Gasteiger partial charge is 0.573 e. The van der Waals surface area contributed by atoms with E-state index < -0.39 is 16.4 Å². The van der Waals surface area contributed by atoms with E-state index in [1.54, 1.807) is 11.4 Å². The van der Waals surface area contributed by atoms with Crippen LogP contribution in [0.2, 0.25) is 0 Å². The van der Waals surface area contributed by atoms with E-state index in [1.165, 1.54) is 29.6 Å². The highest BCUT2D eigenvalue weighted by molar-refractivity contribution is 7.91. The molecule has 0 bridgehead atoms. The van der Waals surface area contributed by atoms with Crippen LogP contribution in [0.5, 0.6) is 5.75 Å². The molecule has 0 aliphatic rings. The average Bonchev–Trinajstić information content (AvgIpc) is 3.10. The van der Waals surface area contributed by atoms with Crippen LogP contribution >= 0.6 is 11.3 Å². The number of halogens is 3. The van der Waals surface area contributed by atoms with Gasteiger partial charge in [0.1, 0.15) is 9.96 Å². The Labute approximate surface area is 158 Å². The zero-order valence-corrected chi connectivity index (χ0v) is 15.8. The molecule has 1 heterocycles. The molecule has 0 saturated heterocycles. The van der Waals surface area contributed by atoms with E-state index in [1.807, 2.05) is 0 Å². The molecule has 148 valence electrons. The number of nitrogens with zero attached hydrogens (tertiary/aromatic N) is 1. The van der Waals surface area contributed by atoms with Crippen LogP contribution in [0.4, 0.5) is 18.9 Å². The van der Waals surface area contributed by atoms with Crippen LogP contribution in [-0.2, 0) is 14.8 Å². The van der Waals surface area contributed by atoms with E-state index in [-0.39, 0.29) is 28.8 Å². The second kappa shape index (κ2) is 8.72. The normalized spacial score (nSPS) is 12.2. The lowest BCUT2D eigenvalue weighted by Gasteiger charge is -2.15. The Bertz CT molecular complexity index is 851. The fraction of sp³-hybridized carbons (Fsp3) is 0.312. The third kappa shape index (κ3) is 6.52. The summed E-state index contributed by atoms with van der Waals surface area (Å²) < 4.78 is 65.9. The van der Waals surface area contributed by atoms with Gasteiger partial charge in [-0.05, 0) is 42.1 Å². The number of anilines is 1. The van der Waals surface area contributed by atoms with E-state index in [9.17, 15) is 26.4 Å². The fourth-order valence-corrected chi connectivity index (χ4v) is 4.52. The Morgan fingerprint density at radius 3 is 2.44 bits per heavy atom. The van der Waals surface area contributed by atoms with Gasteiger partial charge in [-0.15, -0.1) is 24.5 Å². The maximum absolute atomic E-state index is 12.2. The van der Waals surface area contributed by atoms with E-state index in [0.717, 1.165) is 23.5 Å². The highest BCUT2D eigenvalue weighted by Crippen LogP contribution is 2.24. The van der Waals surface area contributed by atoms with Crippen molar-refractivity contribution < 1.29 is 31.1 Å². The van der Waals surface area contributed by atoms with E-state index >= 15 is 0 Å². The molecule has 0 radical (unpaired) electrons. The molecule has 0 atom stereocenters. The van der Waals surface area contributed by atoms with E-state index in [0.29, 0.717) is 12.1 Å². The van der Waals surface area contributed by atoms with Gasteiger partial charge in [0, 0.05) is 25.7 Å². The van der Waals surface area contributed by atoms with Gasteiger partial charge in [0.2, 0.25) is 5.91 Å². The molecular weight excluding hydrogens is 405 g/mol. The summed E-state index contributed by atoms with van der Waals surface area (Å²) in [5, 5.41) is 4.20. The van der Waals surface area contributed by atoms with Crippen molar-refractivity contribution >= 4 is 33.0 Å². The van der Waals surface area contributed by atoms with Gasteiger partial charge < -0.3 is 10.1 Å². The molecule has 27 heavy (non-hydrogen) atoms. The molecule has 0 spiro atoms. The fourth-order valence-electron chi connectivity index (χ4n) is 2.11. The molecule has 1 aromatic carbocycles. The van der Waals surface area contributed by atoms with Crippen molar-refractivity contribution in [2.75, 3.05) is 18.9 Å². The third-order valence-corrected chi connectivity index (χ3v) is 6.64. The maximum atomic E-state index is 12.2. The number of sulfonamides is 1. The van der Waals surface area contributed by atoms with Crippen LogP contribution in [0, 0.1) is 0 Å². The summed E-state index contributed by atoms with van der Waals surface area (Å²) in [7, 11) is -2.12. The summed E-state index contributed by atoms with van der Waals surface area (Å²) in [5.74, 6) is -0.762. The highest BCUT2D eigenvalue weighted by atomic mass is 32.2. The number of ether oxygens (including phenoxy) is 1. The molecule has 0 fully saturated rings. The summed E-state index contributed by atoms with van der Waals surface area (Å²) in [5.41, 5.74) is 0.314. The van der Waals surface area contributed by atoms with Crippen LogP contribution in [-0.4, -0.2) is 38.6 Å². The van der Waals surface area contributed by atoms with Crippen LogP contribution in [0.15, 0.2) is 46.0 Å². The molecule has 2 aromatic rings. The lowest BCUT2D eigenvalue weighted by molar-refractivity contribution is -0.274. The van der Waals surface area contributed by atoms with Crippen LogP contribution in [0.25, 0.3) is 0 Å². The van der Waals surface area contributed by atoms with Crippen LogP contribution in [0.3, 0.4) is 0 Å². The Morgan fingerprint density at radius 2 is 1.89 bits per heavy atom. The topological polar surface area (TPSA) is 75.7 Å². The minimum Gasteiger partial charge on any atom is -0.406 e. The number of carbonyl (C=O) groups is 1. The van der Waals surface area contributed by atoms with Crippen molar-refractivity contribution in [1.82, 2.24) is 4.31 Å². The maximum Gasteiger partial charge on any atom is 0.573 e. The predicted octanol–water partition coefficient (Wildman–Crippen LogP) is 3.69. The van der Waals surface area contributed by atoms with Gasteiger partial charge in [0.25, 0.3) is 10.0 Å². The minimum absolute atomic E-state index is 0.0606. The molecule has 0 saturated carbocycles. The Morgan fingerprint density at radius 1 is 1.22 bits per heavy atom. The van der Waals surface area contributed by atoms with Crippen molar-refractivity contribution in [3.05, 3.63) is 41.8 Å². The second-order valence-electron chi connectivity index (χ2n) is 5.48. The Kier molecular flexibility index (Phi) is 6.84. The van der Waals surface area contributed by atoms with Crippen LogP contribution in [0.1, 0.15) is 12.8 Å². The molecule has 1 N–H and O–H groups in total. The molecule has 0 aliphatic heterocycles. The number of hydrogen-bond acceptors (Lipinski definition) is 5. The van der Waals surface area contributed by atoms with Gasteiger partial charge in [0.15, 0.2) is 0 Å². The first-order chi connectivity index (χ1) is 12.6. The van der Waals surface area contributed by atoms with Crippen molar-refractivity contribution in [3.8, 4) is 5.75 Å². The lowest BCUT2D eigenvalue weighted by atomic mass is 10.2. The zero-order valence-electron chi connectivity index (χ0n) is 14.2. The van der Waals surface area contributed by atoms with Crippen LogP contribution < -0.4 is 10.1 Å². The predicted molar refractivity (Wildman–Crippen MR) is 95.1 cm³/mol. The van der Waals surface area contributed by atoms with Crippen molar-refractivity contribution in [1.29, 1.82) is 0 Å². The monoisotopic (exact) mass is 422 g/mol.